The van der Waals surface area contributed by atoms with E-state index >= 15 is 0 Å². The number of nitrogens with zero attached hydrogens (tertiary/aromatic N) is 5. The molecular weight excluding hydrogens is 444 g/mol. The number of aryl methyl sites for hydroxylation is 1. The van der Waals surface area contributed by atoms with Crippen LogP contribution in [0.15, 0.2) is 54.6 Å². The van der Waals surface area contributed by atoms with Crippen molar-refractivity contribution >= 4 is 35.4 Å². The van der Waals surface area contributed by atoms with Crippen LogP contribution in [0.1, 0.15) is 11.4 Å². The maximum Gasteiger partial charge on any atom is 0.238 e. The highest BCUT2D eigenvalue weighted by Gasteiger charge is 2.20. The fourth-order valence-electron chi connectivity index (χ4n) is 3.82. The number of benzene rings is 2. The van der Waals surface area contributed by atoms with Crippen LogP contribution in [0.5, 0.6) is 0 Å². The fraction of sp³-hybridized carbons (Fsp3) is 0.348. The quantitative estimate of drug-likeness (QED) is 0.534. The van der Waals surface area contributed by atoms with Gasteiger partial charge in [0.05, 0.1) is 30.5 Å². The minimum absolute atomic E-state index is 0.0518. The number of piperazine rings is 1. The molecule has 0 atom stereocenters. The van der Waals surface area contributed by atoms with E-state index in [-0.39, 0.29) is 5.91 Å². The second-order valence-electron chi connectivity index (χ2n) is 7.96. The second-order valence-corrected chi connectivity index (χ2v) is 8.74. The number of para-hydroxylation sites is 1. The van der Waals surface area contributed by atoms with Gasteiger partial charge in [-0.1, -0.05) is 54.1 Å². The Morgan fingerprint density at radius 3 is 2.41 bits per heavy atom. The Morgan fingerprint density at radius 2 is 1.69 bits per heavy atom. The number of amides is 1. The lowest BCUT2D eigenvalue weighted by Gasteiger charge is -2.34. The third kappa shape index (κ3) is 5.63. The molecule has 3 aromatic rings. The number of carbonyl (C=O) groups is 1. The number of carbonyl (C=O) groups excluding carboxylic acids is 1. The molecule has 7 nitrogen and oxygen atoms in total. The maximum atomic E-state index is 12.4. The highest BCUT2D eigenvalue weighted by molar-refractivity contribution is 7.71. The lowest BCUT2D eigenvalue weighted by atomic mass is 10.2. The van der Waals surface area contributed by atoms with Crippen molar-refractivity contribution in [3.05, 3.63) is 75.8 Å². The molecule has 4 rings (SSSR count). The van der Waals surface area contributed by atoms with Crippen molar-refractivity contribution in [3.63, 3.8) is 0 Å². The molecule has 32 heavy (non-hydrogen) atoms. The zero-order valence-electron chi connectivity index (χ0n) is 18.1. The highest BCUT2D eigenvalue weighted by Crippen LogP contribution is 2.20. The van der Waals surface area contributed by atoms with Crippen molar-refractivity contribution in [1.29, 1.82) is 0 Å². The highest BCUT2D eigenvalue weighted by atomic mass is 35.5. The number of rotatable bonds is 7. The first-order chi connectivity index (χ1) is 15.5. The lowest BCUT2D eigenvalue weighted by molar-refractivity contribution is -0.117. The van der Waals surface area contributed by atoms with Gasteiger partial charge < -0.3 is 5.32 Å². The SMILES string of the molecule is Cc1nn(CN2CCN(CC(=O)Nc3ccccc3Cl)CC2)c(=S)n1Cc1ccccc1. The summed E-state index contributed by atoms with van der Waals surface area (Å²) in [5, 5.41) is 8.10. The number of hydrogen-bond acceptors (Lipinski definition) is 5. The molecule has 0 aliphatic carbocycles. The van der Waals surface area contributed by atoms with Crippen LogP contribution in [-0.4, -0.2) is 62.8 Å². The topological polar surface area (TPSA) is 58.3 Å². The molecule has 0 unspecified atom stereocenters. The molecule has 1 aliphatic heterocycles. The number of halogens is 1. The summed E-state index contributed by atoms with van der Waals surface area (Å²) in [6, 6.07) is 17.5. The average molecular weight is 471 g/mol. The van der Waals surface area contributed by atoms with Gasteiger partial charge in [0.15, 0.2) is 4.77 Å². The van der Waals surface area contributed by atoms with Crippen LogP contribution in [0.4, 0.5) is 5.69 Å². The first-order valence-corrected chi connectivity index (χ1v) is 11.5. The molecule has 1 aliphatic rings. The normalized spacial score (nSPS) is 15.1. The maximum absolute atomic E-state index is 12.4. The first-order valence-electron chi connectivity index (χ1n) is 10.7. The lowest BCUT2D eigenvalue weighted by Crippen LogP contribution is -2.49. The molecule has 0 spiro atoms. The molecule has 0 radical (unpaired) electrons. The summed E-state index contributed by atoms with van der Waals surface area (Å²) < 4.78 is 4.70. The van der Waals surface area contributed by atoms with E-state index in [1.54, 1.807) is 12.1 Å². The summed E-state index contributed by atoms with van der Waals surface area (Å²) >= 11 is 11.8. The largest absolute Gasteiger partial charge is 0.324 e. The molecule has 2 aromatic carbocycles. The van der Waals surface area contributed by atoms with Gasteiger partial charge in [-0.3, -0.25) is 19.2 Å². The minimum atomic E-state index is -0.0518. The molecule has 1 fully saturated rings. The molecule has 1 saturated heterocycles. The third-order valence-electron chi connectivity index (χ3n) is 5.61. The van der Waals surface area contributed by atoms with Crippen molar-refractivity contribution in [3.8, 4) is 0 Å². The van der Waals surface area contributed by atoms with Gasteiger partial charge in [0.1, 0.15) is 5.82 Å². The van der Waals surface area contributed by atoms with E-state index in [2.05, 4.69) is 36.9 Å². The van der Waals surface area contributed by atoms with Crippen LogP contribution in [0.3, 0.4) is 0 Å². The van der Waals surface area contributed by atoms with Crippen molar-refractivity contribution in [2.75, 3.05) is 38.0 Å². The molecule has 1 aromatic heterocycles. The minimum Gasteiger partial charge on any atom is -0.324 e. The average Bonchev–Trinajstić information content (AvgIpc) is 3.05. The molecule has 1 N–H and O–H groups in total. The summed E-state index contributed by atoms with van der Waals surface area (Å²) in [5.41, 5.74) is 1.85. The Labute approximate surface area is 198 Å². The zero-order chi connectivity index (χ0) is 22.5. The van der Waals surface area contributed by atoms with Gasteiger partial charge in [-0.15, -0.1) is 0 Å². The summed E-state index contributed by atoms with van der Waals surface area (Å²) in [7, 11) is 0. The molecule has 0 bridgehead atoms. The van der Waals surface area contributed by atoms with Crippen molar-refractivity contribution < 1.29 is 4.79 Å². The number of nitrogens with one attached hydrogen (secondary N) is 1. The number of anilines is 1. The Hall–Kier alpha value is -2.52. The number of hydrogen-bond donors (Lipinski definition) is 1. The molecule has 168 valence electrons. The van der Waals surface area contributed by atoms with Crippen molar-refractivity contribution in [2.24, 2.45) is 0 Å². The van der Waals surface area contributed by atoms with E-state index < -0.39 is 0 Å². The molecule has 1 amide bonds. The monoisotopic (exact) mass is 470 g/mol. The standard InChI is InChI=1S/C23H27ClN6OS/c1-18-26-30(23(32)29(18)15-19-7-3-2-4-8-19)17-28-13-11-27(12-14-28)16-22(31)25-21-10-6-5-9-20(21)24/h2-10H,11-17H2,1H3,(H,25,31). The summed E-state index contributed by atoms with van der Waals surface area (Å²) in [5.74, 6) is 0.859. The van der Waals surface area contributed by atoms with Crippen LogP contribution in [-0.2, 0) is 18.0 Å². The van der Waals surface area contributed by atoms with Gasteiger partial charge in [0.25, 0.3) is 0 Å². The van der Waals surface area contributed by atoms with E-state index in [0.29, 0.717) is 23.9 Å². The van der Waals surface area contributed by atoms with Gasteiger partial charge in [0.2, 0.25) is 5.91 Å². The van der Waals surface area contributed by atoms with Crippen LogP contribution in [0.2, 0.25) is 5.02 Å². The van der Waals surface area contributed by atoms with E-state index in [4.69, 9.17) is 23.8 Å². The van der Waals surface area contributed by atoms with Gasteiger partial charge >= 0.3 is 0 Å². The Bertz CT molecular complexity index is 1120. The van der Waals surface area contributed by atoms with Gasteiger partial charge in [-0.25, -0.2) is 4.68 Å². The molecule has 2 heterocycles. The second kappa shape index (κ2) is 10.4. The van der Waals surface area contributed by atoms with Gasteiger partial charge in [-0.2, -0.15) is 5.10 Å². The third-order valence-corrected chi connectivity index (χ3v) is 6.37. The van der Waals surface area contributed by atoms with E-state index in [1.807, 2.05) is 41.9 Å². The van der Waals surface area contributed by atoms with Crippen molar-refractivity contribution in [1.82, 2.24) is 24.1 Å². The van der Waals surface area contributed by atoms with Gasteiger partial charge in [0, 0.05) is 26.2 Å². The van der Waals surface area contributed by atoms with E-state index in [1.165, 1.54) is 5.56 Å². The predicted octanol–water partition coefficient (Wildman–Crippen LogP) is 3.64. The summed E-state index contributed by atoms with van der Waals surface area (Å²) in [4.78, 5) is 16.9. The van der Waals surface area contributed by atoms with E-state index in [0.717, 1.165) is 43.3 Å². The molecule has 0 saturated carbocycles. The Kier molecular flexibility index (Phi) is 7.36. The zero-order valence-corrected chi connectivity index (χ0v) is 19.6. The van der Waals surface area contributed by atoms with Crippen LogP contribution in [0, 0.1) is 11.7 Å². The van der Waals surface area contributed by atoms with Crippen LogP contribution in [0.25, 0.3) is 0 Å². The van der Waals surface area contributed by atoms with E-state index in [9.17, 15) is 4.79 Å². The Morgan fingerprint density at radius 1 is 1.03 bits per heavy atom. The first kappa shape index (κ1) is 22.7. The van der Waals surface area contributed by atoms with Gasteiger partial charge in [-0.05, 0) is 36.8 Å². The van der Waals surface area contributed by atoms with Crippen LogP contribution < -0.4 is 5.32 Å². The molecular formula is C23H27ClN6OS. The fourth-order valence-corrected chi connectivity index (χ4v) is 4.30. The predicted molar refractivity (Wildman–Crippen MR) is 129 cm³/mol. The summed E-state index contributed by atoms with van der Waals surface area (Å²) in [6.07, 6.45) is 0. The molecule has 9 heteroatoms. The van der Waals surface area contributed by atoms with Crippen LogP contribution >= 0.6 is 23.8 Å². The Balaban J connectivity index is 1.29. The summed E-state index contributed by atoms with van der Waals surface area (Å²) in [6.45, 7) is 7.05. The number of aromatic nitrogens is 3. The smallest absolute Gasteiger partial charge is 0.238 e. The van der Waals surface area contributed by atoms with Crippen molar-refractivity contribution in [2.45, 2.75) is 20.1 Å².